The quantitative estimate of drug-likeness (QED) is 0.349. The van der Waals surface area contributed by atoms with Gasteiger partial charge in [0.15, 0.2) is 0 Å². The van der Waals surface area contributed by atoms with Crippen LogP contribution in [0.4, 0.5) is 15.2 Å². The number of hydrogen-bond donors (Lipinski definition) is 2. The number of thiophene rings is 1. The van der Waals surface area contributed by atoms with Crippen LogP contribution in [-0.4, -0.2) is 10.9 Å². The number of rotatable bonds is 6. The zero-order valence-electron chi connectivity index (χ0n) is 18.1. The summed E-state index contributed by atoms with van der Waals surface area (Å²) in [6, 6.07) is 21.0. The Bertz CT molecular complexity index is 1250. The minimum Gasteiger partial charge on any atom is -0.359 e. The van der Waals surface area contributed by atoms with Crippen LogP contribution in [0.25, 0.3) is 0 Å². The van der Waals surface area contributed by atoms with E-state index in [0.29, 0.717) is 11.4 Å². The van der Waals surface area contributed by atoms with Gasteiger partial charge in [0.05, 0.1) is 6.04 Å². The number of carbonyl (C=O) groups excluding carboxylic acids is 1. The molecule has 0 aliphatic rings. The van der Waals surface area contributed by atoms with Gasteiger partial charge in [0.1, 0.15) is 16.6 Å². The Hall–Kier alpha value is -3.51. The van der Waals surface area contributed by atoms with Crippen molar-refractivity contribution >= 4 is 28.1 Å². The molecular formula is C26H24FN3OS. The second kappa shape index (κ2) is 9.32. The van der Waals surface area contributed by atoms with E-state index in [0.717, 1.165) is 32.3 Å². The molecule has 4 aromatic rings. The largest absolute Gasteiger partial charge is 0.359 e. The summed E-state index contributed by atoms with van der Waals surface area (Å²) in [7, 11) is 0. The van der Waals surface area contributed by atoms with Crippen molar-refractivity contribution < 1.29 is 9.18 Å². The van der Waals surface area contributed by atoms with Crippen LogP contribution in [0.15, 0.2) is 72.8 Å². The zero-order valence-corrected chi connectivity index (χ0v) is 19.0. The van der Waals surface area contributed by atoms with Crippen LogP contribution in [0.2, 0.25) is 0 Å². The molecule has 6 heteroatoms. The Morgan fingerprint density at radius 3 is 2.44 bits per heavy atom. The van der Waals surface area contributed by atoms with Crippen molar-refractivity contribution in [2.45, 2.75) is 26.8 Å². The van der Waals surface area contributed by atoms with Crippen molar-refractivity contribution in [3.63, 3.8) is 0 Å². The van der Waals surface area contributed by atoms with Gasteiger partial charge in [-0.15, -0.1) is 11.3 Å². The third kappa shape index (κ3) is 4.70. The van der Waals surface area contributed by atoms with Gasteiger partial charge >= 0.3 is 0 Å². The fourth-order valence-corrected chi connectivity index (χ4v) is 4.72. The van der Waals surface area contributed by atoms with Gasteiger partial charge < -0.3 is 10.6 Å². The summed E-state index contributed by atoms with van der Waals surface area (Å²) < 4.78 is 14.2. The molecule has 2 aromatic carbocycles. The maximum atomic E-state index is 14.2. The standard InChI is InChI=1S/C26H24FN3OS/c1-16-9-7-14-22(28-16)29-24(20-12-8-13-21(27)15-20)23-17(2)18(3)32-26(23)30-25(31)19-10-5-4-6-11-19/h4-15,24H,1-3H3,(H,28,29)(H,30,31). The van der Waals surface area contributed by atoms with Gasteiger partial charge in [0.2, 0.25) is 0 Å². The van der Waals surface area contributed by atoms with Gasteiger partial charge in [0, 0.05) is 21.7 Å². The van der Waals surface area contributed by atoms with E-state index in [-0.39, 0.29) is 11.7 Å². The number of halogens is 1. The number of aromatic nitrogens is 1. The molecule has 4 nitrogen and oxygen atoms in total. The van der Waals surface area contributed by atoms with Gasteiger partial charge in [-0.1, -0.05) is 36.4 Å². The SMILES string of the molecule is Cc1cccc(NC(c2cccc(F)c2)c2c(NC(=O)c3ccccc3)sc(C)c2C)n1. The number of anilines is 2. The Balaban J connectivity index is 1.79. The van der Waals surface area contributed by atoms with E-state index in [4.69, 9.17) is 0 Å². The number of aryl methyl sites for hydroxylation is 2. The fourth-order valence-electron chi connectivity index (χ4n) is 3.63. The van der Waals surface area contributed by atoms with Crippen LogP contribution in [0.1, 0.15) is 43.7 Å². The molecule has 0 spiro atoms. The summed E-state index contributed by atoms with van der Waals surface area (Å²) in [6.07, 6.45) is 0. The average Bonchev–Trinajstić information content (AvgIpc) is 3.05. The Morgan fingerprint density at radius 1 is 0.969 bits per heavy atom. The first-order chi connectivity index (χ1) is 15.4. The van der Waals surface area contributed by atoms with E-state index in [1.807, 2.05) is 63.2 Å². The summed E-state index contributed by atoms with van der Waals surface area (Å²) in [5, 5.41) is 7.28. The molecule has 0 aliphatic carbocycles. The first-order valence-corrected chi connectivity index (χ1v) is 11.2. The maximum absolute atomic E-state index is 14.2. The van der Waals surface area contributed by atoms with Crippen molar-refractivity contribution in [1.82, 2.24) is 4.98 Å². The molecule has 162 valence electrons. The van der Waals surface area contributed by atoms with Crippen molar-refractivity contribution in [1.29, 1.82) is 0 Å². The highest BCUT2D eigenvalue weighted by Gasteiger charge is 2.25. The highest BCUT2D eigenvalue weighted by Crippen LogP contribution is 2.41. The normalized spacial score (nSPS) is 11.8. The smallest absolute Gasteiger partial charge is 0.256 e. The Labute approximate surface area is 191 Å². The molecule has 1 unspecified atom stereocenters. The molecule has 0 fully saturated rings. The van der Waals surface area contributed by atoms with Crippen molar-refractivity contribution in [2.75, 3.05) is 10.6 Å². The highest BCUT2D eigenvalue weighted by atomic mass is 32.1. The summed E-state index contributed by atoms with van der Waals surface area (Å²) in [6.45, 7) is 5.97. The van der Waals surface area contributed by atoms with Crippen LogP contribution in [0.3, 0.4) is 0 Å². The monoisotopic (exact) mass is 445 g/mol. The summed E-state index contributed by atoms with van der Waals surface area (Å²) >= 11 is 1.52. The van der Waals surface area contributed by atoms with E-state index in [2.05, 4.69) is 15.6 Å². The number of benzene rings is 2. The molecule has 2 aromatic heterocycles. The Kier molecular flexibility index (Phi) is 6.32. The number of hydrogen-bond acceptors (Lipinski definition) is 4. The Morgan fingerprint density at radius 2 is 1.72 bits per heavy atom. The highest BCUT2D eigenvalue weighted by molar-refractivity contribution is 7.16. The molecule has 2 heterocycles. The van der Waals surface area contributed by atoms with Crippen LogP contribution in [0.5, 0.6) is 0 Å². The van der Waals surface area contributed by atoms with E-state index < -0.39 is 6.04 Å². The lowest BCUT2D eigenvalue weighted by Crippen LogP contribution is -2.18. The van der Waals surface area contributed by atoms with Crippen LogP contribution in [0, 0.1) is 26.6 Å². The molecule has 0 saturated heterocycles. The lowest BCUT2D eigenvalue weighted by atomic mass is 9.96. The van der Waals surface area contributed by atoms with Gasteiger partial charge in [-0.25, -0.2) is 9.37 Å². The summed E-state index contributed by atoms with van der Waals surface area (Å²) in [5.74, 6) is 0.189. The van der Waals surface area contributed by atoms with Gasteiger partial charge in [0.25, 0.3) is 5.91 Å². The number of amides is 1. The van der Waals surface area contributed by atoms with E-state index in [1.165, 1.54) is 23.5 Å². The topological polar surface area (TPSA) is 54.0 Å². The molecule has 0 bridgehead atoms. The summed E-state index contributed by atoms with van der Waals surface area (Å²) in [5.41, 5.74) is 4.17. The molecule has 0 radical (unpaired) electrons. The molecule has 1 atom stereocenters. The lowest BCUT2D eigenvalue weighted by Gasteiger charge is -2.22. The molecule has 32 heavy (non-hydrogen) atoms. The van der Waals surface area contributed by atoms with Crippen molar-refractivity contribution in [3.8, 4) is 0 Å². The average molecular weight is 446 g/mol. The lowest BCUT2D eigenvalue weighted by molar-refractivity contribution is 0.102. The second-order valence-corrected chi connectivity index (χ2v) is 8.87. The molecular weight excluding hydrogens is 421 g/mol. The third-order valence-corrected chi connectivity index (χ3v) is 6.48. The van der Waals surface area contributed by atoms with Gasteiger partial charge in [-0.3, -0.25) is 4.79 Å². The third-order valence-electron chi connectivity index (χ3n) is 5.35. The molecule has 0 aliphatic heterocycles. The number of nitrogens with zero attached hydrogens (tertiary/aromatic N) is 1. The number of carbonyl (C=O) groups is 1. The second-order valence-electron chi connectivity index (χ2n) is 7.64. The van der Waals surface area contributed by atoms with Crippen molar-refractivity contribution in [2.24, 2.45) is 0 Å². The molecule has 2 N–H and O–H groups in total. The van der Waals surface area contributed by atoms with Crippen LogP contribution >= 0.6 is 11.3 Å². The van der Waals surface area contributed by atoms with Gasteiger partial charge in [-0.2, -0.15) is 0 Å². The van der Waals surface area contributed by atoms with Crippen LogP contribution < -0.4 is 10.6 Å². The van der Waals surface area contributed by atoms with Crippen molar-refractivity contribution in [3.05, 3.63) is 111 Å². The fraction of sp³-hybridized carbons (Fsp3) is 0.154. The predicted molar refractivity (Wildman–Crippen MR) is 129 cm³/mol. The molecule has 4 rings (SSSR count). The predicted octanol–water partition coefficient (Wildman–Crippen LogP) is 6.66. The van der Waals surface area contributed by atoms with Gasteiger partial charge in [-0.05, 0) is 68.3 Å². The van der Waals surface area contributed by atoms with Crippen LogP contribution in [-0.2, 0) is 0 Å². The minimum absolute atomic E-state index is 0.181. The first kappa shape index (κ1) is 21.7. The zero-order chi connectivity index (χ0) is 22.7. The van der Waals surface area contributed by atoms with E-state index >= 15 is 0 Å². The minimum atomic E-state index is -0.393. The van der Waals surface area contributed by atoms with E-state index in [1.54, 1.807) is 18.2 Å². The number of pyridine rings is 1. The number of nitrogens with one attached hydrogen (secondary N) is 2. The summed E-state index contributed by atoms with van der Waals surface area (Å²) in [4.78, 5) is 18.6. The first-order valence-electron chi connectivity index (χ1n) is 10.3. The maximum Gasteiger partial charge on any atom is 0.256 e. The van der Waals surface area contributed by atoms with E-state index in [9.17, 15) is 9.18 Å². The molecule has 1 amide bonds. The molecule has 0 saturated carbocycles.